The van der Waals surface area contributed by atoms with Crippen molar-refractivity contribution in [1.82, 2.24) is 5.32 Å². The summed E-state index contributed by atoms with van der Waals surface area (Å²) in [6.45, 7) is 8.43. The van der Waals surface area contributed by atoms with Crippen LogP contribution in [0.4, 0.5) is 0 Å². The van der Waals surface area contributed by atoms with Crippen LogP contribution in [0.25, 0.3) is 10.8 Å². The molecule has 0 bridgehead atoms. The first-order chi connectivity index (χ1) is 13.9. The summed E-state index contributed by atoms with van der Waals surface area (Å²) in [5.41, 5.74) is 4.67. The number of hydrogen-bond donors (Lipinski definition) is 1. The number of benzene rings is 3. The van der Waals surface area contributed by atoms with Crippen molar-refractivity contribution in [3.05, 3.63) is 76.9 Å². The molecule has 0 fully saturated rings. The lowest BCUT2D eigenvalue weighted by molar-refractivity contribution is -0.121. The van der Waals surface area contributed by atoms with Gasteiger partial charge >= 0.3 is 0 Å². The van der Waals surface area contributed by atoms with Gasteiger partial charge in [0.05, 0.1) is 13.2 Å². The van der Waals surface area contributed by atoms with Gasteiger partial charge in [-0.2, -0.15) is 0 Å². The zero-order chi connectivity index (χ0) is 21.0. The second-order valence-corrected chi connectivity index (χ2v) is 8.03. The molecule has 3 rings (SSSR count). The number of amides is 1. The summed E-state index contributed by atoms with van der Waals surface area (Å²) < 4.78 is 5.54. The fourth-order valence-corrected chi connectivity index (χ4v) is 3.96. The summed E-state index contributed by atoms with van der Waals surface area (Å²) in [6, 6.07) is 18.8. The lowest BCUT2D eigenvalue weighted by Gasteiger charge is -2.21. The monoisotopic (exact) mass is 389 g/mol. The second kappa shape index (κ2) is 9.13. The van der Waals surface area contributed by atoms with E-state index >= 15 is 0 Å². The van der Waals surface area contributed by atoms with E-state index in [-0.39, 0.29) is 11.9 Å². The molecule has 0 saturated heterocycles. The predicted octanol–water partition coefficient (Wildman–Crippen LogP) is 6.09. The molecule has 0 spiro atoms. The average Bonchev–Trinajstić information content (AvgIpc) is 2.71. The predicted molar refractivity (Wildman–Crippen MR) is 121 cm³/mol. The van der Waals surface area contributed by atoms with E-state index in [2.05, 4.69) is 75.5 Å². The minimum atomic E-state index is -0.0431. The van der Waals surface area contributed by atoms with E-state index in [1.165, 1.54) is 21.9 Å². The van der Waals surface area contributed by atoms with Gasteiger partial charge in [0.25, 0.3) is 0 Å². The largest absolute Gasteiger partial charge is 0.496 e. The highest BCUT2D eigenvalue weighted by molar-refractivity contribution is 5.86. The van der Waals surface area contributed by atoms with Crippen LogP contribution in [0.1, 0.15) is 61.4 Å². The lowest BCUT2D eigenvalue weighted by Crippen LogP contribution is -2.27. The number of methoxy groups -OCH3 is 1. The van der Waals surface area contributed by atoms with Gasteiger partial charge in [-0.25, -0.2) is 0 Å². The fourth-order valence-electron chi connectivity index (χ4n) is 3.96. The van der Waals surface area contributed by atoms with Crippen LogP contribution in [0, 0.1) is 6.92 Å². The number of aryl methyl sites for hydroxylation is 2. The number of fused-ring (bicyclic) bond motifs is 1. The van der Waals surface area contributed by atoms with Gasteiger partial charge < -0.3 is 10.1 Å². The van der Waals surface area contributed by atoms with E-state index in [1.807, 2.05) is 12.1 Å². The molecule has 0 aliphatic heterocycles. The van der Waals surface area contributed by atoms with Crippen LogP contribution in [-0.2, 0) is 11.2 Å². The number of carbonyl (C=O) groups excluding carboxylic acids is 1. The van der Waals surface area contributed by atoms with E-state index in [9.17, 15) is 4.79 Å². The van der Waals surface area contributed by atoms with E-state index in [0.717, 1.165) is 23.3 Å². The molecular weight excluding hydrogens is 358 g/mol. The van der Waals surface area contributed by atoms with E-state index < -0.39 is 0 Å². The van der Waals surface area contributed by atoms with Crippen molar-refractivity contribution in [3.8, 4) is 5.75 Å². The summed E-state index contributed by atoms with van der Waals surface area (Å²) >= 11 is 0. The van der Waals surface area contributed by atoms with Crippen LogP contribution in [0.15, 0.2) is 54.6 Å². The Morgan fingerprint density at radius 1 is 1.00 bits per heavy atom. The molecule has 1 amide bonds. The number of ether oxygens (including phenoxy) is 1. The lowest BCUT2D eigenvalue weighted by atomic mass is 9.93. The Morgan fingerprint density at radius 2 is 1.72 bits per heavy atom. The van der Waals surface area contributed by atoms with Crippen LogP contribution in [0.5, 0.6) is 5.75 Å². The fraction of sp³-hybridized carbons (Fsp3) is 0.346. The molecule has 0 aromatic heterocycles. The van der Waals surface area contributed by atoms with E-state index in [1.54, 1.807) is 7.11 Å². The highest BCUT2D eigenvalue weighted by Gasteiger charge is 2.17. The Balaban J connectivity index is 1.70. The molecule has 0 aliphatic carbocycles. The number of hydrogen-bond acceptors (Lipinski definition) is 2. The standard InChI is InChI=1S/C26H31NO2/c1-17(2)23-16-24(18(3)15-25(23)29-5)19(4)27-26(28)14-13-21-11-8-10-20-9-6-7-12-22(20)21/h6-12,15-17,19H,13-14H2,1-5H3,(H,27,28)/t19-/m1/s1. The zero-order valence-corrected chi connectivity index (χ0v) is 18.1. The SMILES string of the molecule is COc1cc(C)c([C@@H](C)NC(=O)CCc2cccc3ccccc23)cc1C(C)C. The Hall–Kier alpha value is -2.81. The molecule has 0 unspecified atom stereocenters. The first-order valence-electron chi connectivity index (χ1n) is 10.3. The van der Waals surface area contributed by atoms with Crippen LogP contribution in [-0.4, -0.2) is 13.0 Å². The molecule has 0 radical (unpaired) electrons. The smallest absolute Gasteiger partial charge is 0.220 e. The molecule has 1 N–H and O–H groups in total. The third-order valence-electron chi connectivity index (χ3n) is 5.59. The maximum atomic E-state index is 12.7. The Kier molecular flexibility index (Phi) is 6.58. The first-order valence-corrected chi connectivity index (χ1v) is 10.3. The summed E-state index contributed by atoms with van der Waals surface area (Å²) in [7, 11) is 1.71. The summed E-state index contributed by atoms with van der Waals surface area (Å²) in [5, 5.41) is 5.62. The second-order valence-electron chi connectivity index (χ2n) is 8.03. The van der Waals surface area contributed by atoms with Crippen molar-refractivity contribution in [3.63, 3.8) is 0 Å². The van der Waals surface area contributed by atoms with Crippen LogP contribution in [0.3, 0.4) is 0 Å². The molecule has 3 aromatic rings. The topological polar surface area (TPSA) is 38.3 Å². The molecule has 3 heteroatoms. The number of nitrogens with one attached hydrogen (secondary N) is 1. The van der Waals surface area contributed by atoms with Gasteiger partial charge in [-0.05, 0) is 71.3 Å². The van der Waals surface area contributed by atoms with Gasteiger partial charge in [0.2, 0.25) is 5.91 Å². The molecular formula is C26H31NO2. The summed E-state index contributed by atoms with van der Waals surface area (Å²) in [4.78, 5) is 12.7. The van der Waals surface area contributed by atoms with Gasteiger partial charge in [0, 0.05) is 6.42 Å². The average molecular weight is 390 g/mol. The maximum Gasteiger partial charge on any atom is 0.220 e. The van der Waals surface area contributed by atoms with Crippen molar-refractivity contribution in [2.75, 3.05) is 7.11 Å². The molecule has 152 valence electrons. The molecule has 0 saturated carbocycles. The maximum absolute atomic E-state index is 12.7. The molecule has 3 nitrogen and oxygen atoms in total. The highest BCUT2D eigenvalue weighted by Crippen LogP contribution is 2.32. The molecule has 0 heterocycles. The van der Waals surface area contributed by atoms with Gasteiger partial charge in [-0.3, -0.25) is 4.79 Å². The summed E-state index contributed by atoms with van der Waals surface area (Å²) in [5.74, 6) is 1.35. The van der Waals surface area contributed by atoms with Crippen molar-refractivity contribution in [2.24, 2.45) is 0 Å². The molecule has 29 heavy (non-hydrogen) atoms. The number of carbonyl (C=O) groups is 1. The van der Waals surface area contributed by atoms with Crippen molar-refractivity contribution < 1.29 is 9.53 Å². The Bertz CT molecular complexity index is 1000. The Labute approximate surface area is 174 Å². The van der Waals surface area contributed by atoms with Crippen LogP contribution >= 0.6 is 0 Å². The Morgan fingerprint density at radius 3 is 2.45 bits per heavy atom. The normalized spacial score (nSPS) is 12.2. The third-order valence-corrected chi connectivity index (χ3v) is 5.59. The van der Waals surface area contributed by atoms with Gasteiger partial charge in [0.15, 0.2) is 0 Å². The summed E-state index contributed by atoms with van der Waals surface area (Å²) in [6.07, 6.45) is 1.21. The van der Waals surface area contributed by atoms with Crippen molar-refractivity contribution >= 4 is 16.7 Å². The van der Waals surface area contributed by atoms with Crippen LogP contribution < -0.4 is 10.1 Å². The van der Waals surface area contributed by atoms with Crippen molar-refractivity contribution in [1.29, 1.82) is 0 Å². The number of rotatable bonds is 7. The van der Waals surface area contributed by atoms with Crippen molar-refractivity contribution in [2.45, 2.75) is 52.5 Å². The molecule has 1 atom stereocenters. The zero-order valence-electron chi connectivity index (χ0n) is 18.1. The highest BCUT2D eigenvalue weighted by atomic mass is 16.5. The van der Waals surface area contributed by atoms with Gasteiger partial charge in [-0.15, -0.1) is 0 Å². The van der Waals surface area contributed by atoms with E-state index in [4.69, 9.17) is 4.74 Å². The minimum absolute atomic E-state index is 0.0431. The molecule has 0 aliphatic rings. The van der Waals surface area contributed by atoms with E-state index in [0.29, 0.717) is 12.3 Å². The minimum Gasteiger partial charge on any atom is -0.496 e. The third kappa shape index (κ3) is 4.79. The quantitative estimate of drug-likeness (QED) is 0.531. The van der Waals surface area contributed by atoms with Crippen LogP contribution in [0.2, 0.25) is 0 Å². The molecule has 3 aromatic carbocycles. The first kappa shape index (κ1) is 20.9. The van der Waals surface area contributed by atoms with Gasteiger partial charge in [-0.1, -0.05) is 56.3 Å². The van der Waals surface area contributed by atoms with Gasteiger partial charge in [0.1, 0.15) is 5.75 Å².